The fraction of sp³-hybridized carbons (Fsp3) is 0.722. The topological polar surface area (TPSA) is 76.0 Å². The number of carbonyl (C=O) groups is 1. The van der Waals surface area contributed by atoms with Gasteiger partial charge in [0.2, 0.25) is 0 Å². The number of hydrogen-bond donors (Lipinski definition) is 2. The molecule has 0 bridgehead atoms. The molecule has 0 aliphatic carbocycles. The molecular weight excluding hydrogens is 296 g/mol. The normalized spacial score (nSPS) is 23.0. The van der Waals surface area contributed by atoms with E-state index in [1.54, 1.807) is 0 Å². The third kappa shape index (κ3) is 9.54. The van der Waals surface area contributed by atoms with Gasteiger partial charge in [-0.2, -0.15) is 0 Å². The van der Waals surface area contributed by atoms with Gasteiger partial charge >= 0.3 is 5.97 Å². The molecule has 1 aliphatic rings. The van der Waals surface area contributed by atoms with Crippen molar-refractivity contribution in [3.8, 4) is 0 Å². The Kier molecular flexibility index (Phi) is 10.6. The van der Waals surface area contributed by atoms with Crippen LogP contribution in [0.1, 0.15) is 64.7 Å². The van der Waals surface area contributed by atoms with E-state index in [0.717, 1.165) is 38.5 Å². The average molecular weight is 326 g/mol. The molecule has 0 radical (unpaired) electrons. The van der Waals surface area contributed by atoms with Crippen molar-refractivity contribution >= 4 is 5.97 Å². The van der Waals surface area contributed by atoms with Crippen molar-refractivity contribution in [2.24, 2.45) is 0 Å². The monoisotopic (exact) mass is 326 g/mol. The molecule has 2 N–H and O–H groups in total. The first kappa shape index (κ1) is 19.9. The highest BCUT2D eigenvalue weighted by atomic mass is 17.2. The zero-order valence-electron chi connectivity index (χ0n) is 14.0. The van der Waals surface area contributed by atoms with Crippen LogP contribution in [0.4, 0.5) is 0 Å². The summed E-state index contributed by atoms with van der Waals surface area (Å²) in [5.74, 6) is -0.702. The molecule has 1 fully saturated rings. The van der Waals surface area contributed by atoms with Crippen molar-refractivity contribution in [2.45, 2.75) is 83.0 Å². The summed E-state index contributed by atoms with van der Waals surface area (Å²) in [5, 5.41) is 18.2. The lowest BCUT2D eigenvalue weighted by atomic mass is 10.1. The van der Waals surface area contributed by atoms with Gasteiger partial charge in [-0.15, -0.1) is 0 Å². The summed E-state index contributed by atoms with van der Waals surface area (Å²) in [4.78, 5) is 20.6. The molecule has 1 heterocycles. The molecule has 0 unspecified atom stereocenters. The predicted molar refractivity (Wildman–Crippen MR) is 88.9 cm³/mol. The number of carboxylic acids is 1. The molecule has 5 heteroatoms. The van der Waals surface area contributed by atoms with E-state index in [9.17, 15) is 9.90 Å². The van der Waals surface area contributed by atoms with Gasteiger partial charge in [0.05, 0.1) is 6.10 Å². The number of hydrogen-bond acceptors (Lipinski definition) is 4. The minimum atomic E-state index is -0.702. The fourth-order valence-corrected chi connectivity index (χ4v) is 2.48. The van der Waals surface area contributed by atoms with Crippen molar-refractivity contribution in [3.63, 3.8) is 0 Å². The maximum Gasteiger partial charge on any atom is 0.303 e. The Balaban J connectivity index is 1.99. The van der Waals surface area contributed by atoms with E-state index < -0.39 is 12.1 Å². The molecule has 0 aromatic heterocycles. The van der Waals surface area contributed by atoms with Crippen LogP contribution in [0.3, 0.4) is 0 Å². The number of allylic oxidation sites excluding steroid dienone is 3. The van der Waals surface area contributed by atoms with Crippen LogP contribution < -0.4 is 0 Å². The van der Waals surface area contributed by atoms with Crippen LogP contribution in [0, 0.1) is 0 Å². The Morgan fingerprint density at radius 2 is 1.91 bits per heavy atom. The van der Waals surface area contributed by atoms with Gasteiger partial charge in [0, 0.05) is 12.8 Å². The zero-order valence-corrected chi connectivity index (χ0v) is 14.0. The van der Waals surface area contributed by atoms with Crippen molar-refractivity contribution in [3.05, 3.63) is 24.3 Å². The Hall–Kier alpha value is -1.17. The molecule has 0 aromatic carbocycles. The third-order valence-electron chi connectivity index (χ3n) is 3.95. The highest BCUT2D eigenvalue weighted by molar-refractivity contribution is 5.66. The number of aliphatic hydroxyl groups excluding tert-OH is 1. The Labute approximate surface area is 138 Å². The largest absolute Gasteiger partial charge is 0.481 e. The number of rotatable bonds is 12. The number of aliphatic hydroxyl groups is 1. The van der Waals surface area contributed by atoms with Gasteiger partial charge in [-0.05, 0) is 25.7 Å². The summed E-state index contributed by atoms with van der Waals surface area (Å²) in [6.07, 6.45) is 15.1. The number of aliphatic carboxylic acids is 1. The predicted octanol–water partition coefficient (Wildman–Crippen LogP) is 3.77. The van der Waals surface area contributed by atoms with E-state index in [2.05, 4.69) is 6.08 Å². The van der Waals surface area contributed by atoms with Crippen LogP contribution >= 0.6 is 0 Å². The highest BCUT2D eigenvalue weighted by Crippen LogP contribution is 2.22. The van der Waals surface area contributed by atoms with Crippen LogP contribution in [-0.2, 0) is 14.6 Å². The van der Waals surface area contributed by atoms with Crippen LogP contribution in [-0.4, -0.2) is 34.5 Å². The maximum absolute atomic E-state index is 10.4. The van der Waals surface area contributed by atoms with Gasteiger partial charge in [-0.1, -0.05) is 50.5 Å². The lowest BCUT2D eigenvalue weighted by molar-refractivity contribution is -0.300. The van der Waals surface area contributed by atoms with Crippen LogP contribution in [0.2, 0.25) is 0 Å². The van der Waals surface area contributed by atoms with Crippen molar-refractivity contribution in [2.75, 3.05) is 0 Å². The molecular formula is C18H30O5. The van der Waals surface area contributed by atoms with E-state index in [0.29, 0.717) is 12.8 Å². The molecule has 1 saturated heterocycles. The summed E-state index contributed by atoms with van der Waals surface area (Å²) in [5.41, 5.74) is 0. The summed E-state index contributed by atoms with van der Waals surface area (Å²) >= 11 is 0. The van der Waals surface area contributed by atoms with E-state index in [1.807, 2.05) is 25.2 Å². The van der Waals surface area contributed by atoms with Gasteiger partial charge in [0.1, 0.15) is 12.2 Å². The molecule has 23 heavy (non-hydrogen) atoms. The summed E-state index contributed by atoms with van der Waals surface area (Å²) < 4.78 is 0. The SMILES string of the molecule is CC[C@@H](O)[C@H]1C[C@@H](/C=C/C=C\CCCCCCCC(=O)O)OO1. The Morgan fingerprint density at radius 1 is 1.17 bits per heavy atom. The van der Waals surface area contributed by atoms with Crippen LogP contribution in [0.5, 0.6) is 0 Å². The first-order chi connectivity index (χ1) is 11.1. The quantitative estimate of drug-likeness (QED) is 0.324. The lowest BCUT2D eigenvalue weighted by Crippen LogP contribution is -2.24. The van der Waals surface area contributed by atoms with Gasteiger partial charge in [0.25, 0.3) is 0 Å². The zero-order chi connectivity index (χ0) is 16.9. The smallest absolute Gasteiger partial charge is 0.303 e. The van der Waals surface area contributed by atoms with Gasteiger partial charge < -0.3 is 10.2 Å². The molecule has 5 nitrogen and oxygen atoms in total. The fourth-order valence-electron chi connectivity index (χ4n) is 2.48. The lowest BCUT2D eigenvalue weighted by Gasteiger charge is -2.11. The Bertz CT molecular complexity index is 378. The standard InChI is InChI=1S/C18H30O5/c1-2-16(19)17-14-15(22-23-17)12-10-8-6-4-3-5-7-9-11-13-18(20)21/h6,8,10,12,15-17,19H,2-5,7,9,11,13-14H2,1H3,(H,20,21)/b8-6-,12-10+/t15-,16-,17-/m1/s1. The minimum absolute atomic E-state index is 0.0833. The molecule has 1 aliphatic heterocycles. The van der Waals surface area contributed by atoms with E-state index in [-0.39, 0.29) is 18.6 Å². The van der Waals surface area contributed by atoms with Crippen molar-refractivity contribution in [1.82, 2.24) is 0 Å². The maximum atomic E-state index is 10.4. The second-order valence-corrected chi connectivity index (χ2v) is 5.99. The molecule has 0 spiro atoms. The minimum Gasteiger partial charge on any atom is -0.481 e. The van der Waals surface area contributed by atoms with Crippen molar-refractivity contribution in [1.29, 1.82) is 0 Å². The van der Waals surface area contributed by atoms with Gasteiger partial charge in [0.15, 0.2) is 0 Å². The van der Waals surface area contributed by atoms with Gasteiger partial charge in [-0.25, -0.2) is 9.78 Å². The molecule has 0 saturated carbocycles. The second-order valence-electron chi connectivity index (χ2n) is 5.99. The highest BCUT2D eigenvalue weighted by Gasteiger charge is 2.30. The molecule has 3 atom stereocenters. The van der Waals surface area contributed by atoms with Crippen LogP contribution in [0.15, 0.2) is 24.3 Å². The summed E-state index contributed by atoms with van der Waals surface area (Å²) in [6.45, 7) is 1.92. The second kappa shape index (κ2) is 12.3. The molecule has 132 valence electrons. The Morgan fingerprint density at radius 3 is 2.65 bits per heavy atom. The summed E-state index contributed by atoms with van der Waals surface area (Å²) in [6, 6.07) is 0. The van der Waals surface area contributed by atoms with Gasteiger partial charge in [-0.3, -0.25) is 4.79 Å². The third-order valence-corrected chi connectivity index (χ3v) is 3.95. The first-order valence-corrected chi connectivity index (χ1v) is 8.68. The first-order valence-electron chi connectivity index (χ1n) is 8.68. The molecule has 0 aromatic rings. The number of unbranched alkanes of at least 4 members (excludes halogenated alkanes) is 5. The molecule has 0 amide bonds. The van der Waals surface area contributed by atoms with Crippen molar-refractivity contribution < 1.29 is 24.8 Å². The van der Waals surface area contributed by atoms with E-state index in [4.69, 9.17) is 14.9 Å². The molecule has 1 rings (SSSR count). The summed E-state index contributed by atoms with van der Waals surface area (Å²) in [7, 11) is 0. The van der Waals surface area contributed by atoms with Crippen LogP contribution in [0.25, 0.3) is 0 Å². The van der Waals surface area contributed by atoms with E-state index >= 15 is 0 Å². The number of carboxylic acid groups (broad SMARTS) is 1. The van der Waals surface area contributed by atoms with E-state index in [1.165, 1.54) is 0 Å². The average Bonchev–Trinajstić information content (AvgIpc) is 3.00.